The molecule has 0 saturated carbocycles. The molecule has 2 nitrogen and oxygen atoms in total. The Bertz CT molecular complexity index is 807. The molecule has 1 aromatic heterocycles. The standard InChI is InChI=1S/C14H10BrClN2S/c15-10-5-2-1-4-9(10)8-18-13-11(16)6-3-7-12(13)17-14(18)19/h1-7H,8H2,(H,17,19). The quantitative estimate of drug-likeness (QED) is 0.631. The smallest absolute Gasteiger partial charge is 0.178 e. The topological polar surface area (TPSA) is 20.7 Å². The number of halogens is 2. The van der Waals surface area contributed by atoms with Crippen molar-refractivity contribution in [3.63, 3.8) is 0 Å². The highest BCUT2D eigenvalue weighted by Gasteiger charge is 2.09. The van der Waals surface area contributed by atoms with Crippen LogP contribution in [0.25, 0.3) is 11.0 Å². The van der Waals surface area contributed by atoms with E-state index >= 15 is 0 Å². The van der Waals surface area contributed by atoms with Crippen LogP contribution >= 0.6 is 39.7 Å². The fourth-order valence-corrected chi connectivity index (χ4v) is 3.08. The van der Waals surface area contributed by atoms with Crippen molar-refractivity contribution >= 4 is 50.8 Å². The van der Waals surface area contributed by atoms with Crippen LogP contribution in [0.5, 0.6) is 0 Å². The molecule has 0 radical (unpaired) electrons. The van der Waals surface area contributed by atoms with Gasteiger partial charge in [0.1, 0.15) is 0 Å². The SMILES string of the molecule is S=c1[nH]c2cccc(Cl)c2n1Cc1ccccc1Br. The molecular weight excluding hydrogens is 344 g/mol. The first kappa shape index (κ1) is 12.9. The number of rotatable bonds is 2. The summed E-state index contributed by atoms with van der Waals surface area (Å²) in [6.45, 7) is 0.685. The van der Waals surface area contributed by atoms with Crippen LogP contribution in [0.3, 0.4) is 0 Å². The summed E-state index contributed by atoms with van der Waals surface area (Å²) < 4.78 is 3.77. The maximum Gasteiger partial charge on any atom is 0.178 e. The Morgan fingerprint density at radius 2 is 1.95 bits per heavy atom. The third-order valence-electron chi connectivity index (χ3n) is 3.03. The second-order valence-electron chi connectivity index (χ2n) is 4.24. The molecule has 19 heavy (non-hydrogen) atoms. The summed E-state index contributed by atoms with van der Waals surface area (Å²) in [5.74, 6) is 0. The first-order valence-electron chi connectivity index (χ1n) is 5.77. The molecular formula is C14H10BrClN2S. The zero-order valence-corrected chi connectivity index (χ0v) is 13.0. The van der Waals surface area contributed by atoms with E-state index < -0.39 is 0 Å². The molecule has 0 aliphatic carbocycles. The maximum atomic E-state index is 6.28. The van der Waals surface area contributed by atoms with E-state index in [-0.39, 0.29) is 0 Å². The van der Waals surface area contributed by atoms with E-state index in [1.54, 1.807) is 0 Å². The molecule has 3 rings (SSSR count). The van der Waals surface area contributed by atoms with Crippen molar-refractivity contribution in [2.24, 2.45) is 0 Å². The summed E-state index contributed by atoms with van der Waals surface area (Å²) in [6.07, 6.45) is 0. The van der Waals surface area contributed by atoms with Crippen molar-refractivity contribution in [1.82, 2.24) is 9.55 Å². The predicted molar refractivity (Wildman–Crippen MR) is 85.4 cm³/mol. The lowest BCUT2D eigenvalue weighted by Gasteiger charge is -2.07. The number of imidazole rings is 1. The van der Waals surface area contributed by atoms with E-state index in [0.29, 0.717) is 16.3 Å². The summed E-state index contributed by atoms with van der Waals surface area (Å²) >= 11 is 15.2. The minimum Gasteiger partial charge on any atom is -0.331 e. The first-order chi connectivity index (χ1) is 9.16. The fraction of sp³-hybridized carbons (Fsp3) is 0.0714. The zero-order valence-electron chi connectivity index (χ0n) is 9.86. The van der Waals surface area contributed by atoms with Crippen LogP contribution in [0.1, 0.15) is 5.56 Å². The van der Waals surface area contributed by atoms with Gasteiger partial charge in [-0.2, -0.15) is 0 Å². The minimum atomic E-state index is 0.679. The Kier molecular flexibility index (Phi) is 3.48. The molecule has 96 valence electrons. The van der Waals surface area contributed by atoms with Gasteiger partial charge in [0, 0.05) is 4.47 Å². The van der Waals surface area contributed by atoms with Crippen LogP contribution in [0.2, 0.25) is 5.02 Å². The van der Waals surface area contributed by atoms with Crippen LogP contribution in [0.4, 0.5) is 0 Å². The monoisotopic (exact) mass is 352 g/mol. The van der Waals surface area contributed by atoms with Crippen LogP contribution < -0.4 is 0 Å². The van der Waals surface area contributed by atoms with Gasteiger partial charge in [0.15, 0.2) is 4.77 Å². The maximum absolute atomic E-state index is 6.28. The Labute approximate surface area is 129 Å². The molecule has 1 heterocycles. The van der Waals surface area contributed by atoms with Crippen LogP contribution in [0, 0.1) is 4.77 Å². The van der Waals surface area contributed by atoms with E-state index in [9.17, 15) is 0 Å². The number of hydrogen-bond acceptors (Lipinski definition) is 1. The third kappa shape index (κ3) is 2.36. The van der Waals surface area contributed by atoms with Crippen LogP contribution in [0.15, 0.2) is 46.9 Å². The van der Waals surface area contributed by atoms with Gasteiger partial charge >= 0.3 is 0 Å². The Morgan fingerprint density at radius 3 is 2.74 bits per heavy atom. The molecule has 0 saturated heterocycles. The number of aromatic nitrogens is 2. The second-order valence-corrected chi connectivity index (χ2v) is 5.89. The lowest BCUT2D eigenvalue weighted by Crippen LogP contribution is -2.00. The highest BCUT2D eigenvalue weighted by molar-refractivity contribution is 9.10. The molecule has 0 amide bonds. The van der Waals surface area contributed by atoms with Gasteiger partial charge in [-0.3, -0.25) is 0 Å². The highest BCUT2D eigenvalue weighted by Crippen LogP contribution is 2.25. The average molecular weight is 354 g/mol. The summed E-state index contributed by atoms with van der Waals surface area (Å²) in [4.78, 5) is 3.19. The molecule has 0 spiro atoms. The number of fused-ring (bicyclic) bond motifs is 1. The second kappa shape index (κ2) is 5.12. The highest BCUT2D eigenvalue weighted by atomic mass is 79.9. The fourth-order valence-electron chi connectivity index (χ4n) is 2.12. The summed E-state index contributed by atoms with van der Waals surface area (Å²) in [5, 5.41) is 0.705. The van der Waals surface area contributed by atoms with Gasteiger partial charge < -0.3 is 9.55 Å². The number of hydrogen-bond donors (Lipinski definition) is 1. The molecule has 0 aliphatic rings. The number of para-hydroxylation sites is 1. The normalized spacial score (nSPS) is 11.1. The molecule has 0 fully saturated rings. The Balaban J connectivity index is 2.19. The largest absolute Gasteiger partial charge is 0.331 e. The number of aromatic amines is 1. The van der Waals surface area contributed by atoms with Crippen molar-refractivity contribution in [1.29, 1.82) is 0 Å². The van der Waals surface area contributed by atoms with Crippen LogP contribution in [-0.2, 0) is 6.54 Å². The van der Waals surface area contributed by atoms with E-state index in [2.05, 4.69) is 27.0 Å². The van der Waals surface area contributed by atoms with Gasteiger partial charge in [-0.1, -0.05) is 51.8 Å². The lowest BCUT2D eigenvalue weighted by atomic mass is 10.2. The third-order valence-corrected chi connectivity index (χ3v) is 4.43. The summed E-state index contributed by atoms with van der Waals surface area (Å²) in [5.41, 5.74) is 3.08. The Hall–Kier alpha value is -1.10. The Morgan fingerprint density at radius 1 is 1.16 bits per heavy atom. The lowest BCUT2D eigenvalue weighted by molar-refractivity contribution is 0.807. The minimum absolute atomic E-state index is 0.679. The van der Waals surface area contributed by atoms with Gasteiger partial charge in [-0.25, -0.2) is 0 Å². The molecule has 0 atom stereocenters. The molecule has 0 bridgehead atoms. The molecule has 1 N–H and O–H groups in total. The van der Waals surface area contributed by atoms with E-state index in [1.165, 1.54) is 5.56 Å². The van der Waals surface area contributed by atoms with Crippen molar-refractivity contribution in [2.45, 2.75) is 6.54 Å². The number of nitrogens with zero attached hydrogens (tertiary/aromatic N) is 1. The van der Waals surface area contributed by atoms with E-state index in [1.807, 2.05) is 41.0 Å². The summed E-state index contributed by atoms with van der Waals surface area (Å²) in [6, 6.07) is 13.9. The van der Waals surface area contributed by atoms with Gasteiger partial charge in [-0.05, 0) is 36.0 Å². The van der Waals surface area contributed by atoms with Crippen molar-refractivity contribution in [2.75, 3.05) is 0 Å². The van der Waals surface area contributed by atoms with E-state index in [0.717, 1.165) is 15.5 Å². The number of benzene rings is 2. The van der Waals surface area contributed by atoms with Gasteiger partial charge in [0.2, 0.25) is 0 Å². The first-order valence-corrected chi connectivity index (χ1v) is 7.35. The molecule has 5 heteroatoms. The van der Waals surface area contributed by atoms with Crippen LogP contribution in [-0.4, -0.2) is 9.55 Å². The number of H-pyrrole nitrogens is 1. The predicted octanol–water partition coefficient (Wildman–Crippen LogP) is 5.16. The number of nitrogens with one attached hydrogen (secondary N) is 1. The molecule has 3 aromatic rings. The molecule has 0 aliphatic heterocycles. The van der Waals surface area contributed by atoms with E-state index in [4.69, 9.17) is 23.8 Å². The average Bonchev–Trinajstić information content (AvgIpc) is 2.70. The molecule has 2 aromatic carbocycles. The van der Waals surface area contributed by atoms with Crippen molar-refractivity contribution < 1.29 is 0 Å². The van der Waals surface area contributed by atoms with Gasteiger partial charge in [0.25, 0.3) is 0 Å². The summed E-state index contributed by atoms with van der Waals surface area (Å²) in [7, 11) is 0. The van der Waals surface area contributed by atoms with Crippen molar-refractivity contribution in [3.05, 3.63) is 62.3 Å². The van der Waals surface area contributed by atoms with Gasteiger partial charge in [-0.15, -0.1) is 0 Å². The molecule has 0 unspecified atom stereocenters. The van der Waals surface area contributed by atoms with Gasteiger partial charge in [0.05, 0.1) is 22.6 Å². The zero-order chi connectivity index (χ0) is 13.4. The van der Waals surface area contributed by atoms with Crippen molar-refractivity contribution in [3.8, 4) is 0 Å².